The van der Waals surface area contributed by atoms with Crippen molar-refractivity contribution < 1.29 is 29.3 Å². The summed E-state index contributed by atoms with van der Waals surface area (Å²) in [4.78, 5) is 11.3. The van der Waals surface area contributed by atoms with Crippen molar-refractivity contribution in [2.24, 2.45) is 5.16 Å². The van der Waals surface area contributed by atoms with Gasteiger partial charge in [0.25, 0.3) is 5.90 Å². The molecule has 0 aromatic heterocycles. The number of carbonyl (C=O) groups excluding carboxylic acids is 1. The first-order valence-electron chi connectivity index (χ1n) is 7.26. The fourth-order valence-corrected chi connectivity index (χ4v) is 2.75. The molecule has 0 aliphatic carbocycles. The van der Waals surface area contributed by atoms with E-state index in [1.165, 1.54) is 6.92 Å². The highest BCUT2D eigenvalue weighted by Crippen LogP contribution is 2.32. The third kappa shape index (κ3) is 3.14. The lowest BCUT2D eigenvalue weighted by Crippen LogP contribution is -2.64. The number of aliphatic hydroxyl groups is 1. The minimum absolute atomic E-state index is 0.160. The zero-order valence-corrected chi connectivity index (χ0v) is 12.5. The molecule has 5 atom stereocenters. The van der Waals surface area contributed by atoms with Gasteiger partial charge in [-0.3, -0.25) is 4.79 Å². The zero-order chi connectivity index (χ0) is 16.4. The Morgan fingerprint density at radius 3 is 2.74 bits per heavy atom. The van der Waals surface area contributed by atoms with Crippen LogP contribution >= 0.6 is 0 Å². The van der Waals surface area contributed by atoms with Crippen molar-refractivity contribution in [2.45, 2.75) is 37.6 Å². The molecule has 2 aliphatic heterocycles. The van der Waals surface area contributed by atoms with Crippen molar-refractivity contribution in [2.75, 3.05) is 6.61 Å². The molecule has 2 saturated heterocycles. The van der Waals surface area contributed by atoms with Crippen LogP contribution in [-0.4, -0.2) is 53.1 Å². The number of nitrogens with one attached hydrogen (secondary N) is 1. The summed E-state index contributed by atoms with van der Waals surface area (Å²) in [6.45, 7) is 1.46. The molecule has 1 aromatic rings. The third-order valence-corrected chi connectivity index (χ3v) is 3.80. The van der Waals surface area contributed by atoms with Gasteiger partial charge in [0.05, 0.1) is 6.61 Å². The number of hydrogen-bond donors (Lipinski definition) is 3. The number of rotatable bonds is 2. The predicted octanol–water partition coefficient (Wildman–Crippen LogP) is 0.153. The Kier molecular flexibility index (Phi) is 4.46. The van der Waals surface area contributed by atoms with Crippen LogP contribution in [0.2, 0.25) is 0 Å². The Labute approximate surface area is 132 Å². The number of amides is 1. The lowest BCUT2D eigenvalue weighted by Gasteiger charge is -2.44. The highest BCUT2D eigenvalue weighted by Gasteiger charge is 2.49. The van der Waals surface area contributed by atoms with Crippen LogP contribution in [0.15, 0.2) is 35.5 Å². The highest BCUT2D eigenvalue weighted by molar-refractivity contribution is 5.88. The quantitative estimate of drug-likeness (QED) is 0.528. The van der Waals surface area contributed by atoms with E-state index in [1.807, 2.05) is 30.3 Å². The lowest BCUT2D eigenvalue weighted by atomic mass is 9.96. The van der Waals surface area contributed by atoms with Crippen LogP contribution < -0.4 is 5.32 Å². The first-order chi connectivity index (χ1) is 11.1. The maximum atomic E-state index is 11.3. The number of aliphatic hydroxyl groups excluding tert-OH is 1. The zero-order valence-electron chi connectivity index (χ0n) is 12.5. The van der Waals surface area contributed by atoms with Crippen molar-refractivity contribution in [3.63, 3.8) is 0 Å². The molecule has 124 valence electrons. The van der Waals surface area contributed by atoms with E-state index in [-0.39, 0.29) is 18.4 Å². The Morgan fingerprint density at radius 1 is 1.35 bits per heavy atom. The van der Waals surface area contributed by atoms with Gasteiger partial charge in [0.1, 0.15) is 18.2 Å². The molecule has 8 nitrogen and oxygen atoms in total. The van der Waals surface area contributed by atoms with Gasteiger partial charge in [-0.2, -0.15) is 0 Å². The molecule has 0 saturated carbocycles. The summed E-state index contributed by atoms with van der Waals surface area (Å²) in [5, 5.41) is 25.0. The average molecular weight is 322 g/mol. The number of benzene rings is 1. The van der Waals surface area contributed by atoms with Gasteiger partial charge < -0.3 is 29.8 Å². The van der Waals surface area contributed by atoms with Crippen LogP contribution in [0.5, 0.6) is 0 Å². The molecule has 3 N–H and O–H groups in total. The van der Waals surface area contributed by atoms with E-state index >= 15 is 0 Å². The van der Waals surface area contributed by atoms with Crippen LogP contribution in [0.25, 0.3) is 0 Å². The van der Waals surface area contributed by atoms with Crippen molar-refractivity contribution in [1.82, 2.24) is 5.32 Å². The Bertz CT molecular complexity index is 593. The fourth-order valence-electron chi connectivity index (χ4n) is 2.75. The molecule has 0 bridgehead atoms. The smallest absolute Gasteiger partial charge is 0.251 e. The number of ether oxygens (including phenoxy) is 3. The summed E-state index contributed by atoms with van der Waals surface area (Å²) in [5.41, 5.74) is 0.816. The molecule has 1 amide bonds. The number of fused-ring (bicyclic) bond motifs is 1. The second kappa shape index (κ2) is 6.53. The van der Waals surface area contributed by atoms with E-state index in [4.69, 9.17) is 19.4 Å². The lowest BCUT2D eigenvalue weighted by molar-refractivity contribution is -0.281. The largest absolute Gasteiger partial charge is 0.468 e. The standard InChI is InChI=1S/C15H18N2O6/c1-8(18)16-11-12(19)13-10(22-14(11)17-20)7-21-15(23-13)9-5-3-2-4-6-9/h2-6,10-13,15,19-20H,7H2,1H3,(H,16,18)/t10-,11-,12-,13-,15?/m1/s1. The van der Waals surface area contributed by atoms with Gasteiger partial charge in [0.2, 0.25) is 5.91 Å². The van der Waals surface area contributed by atoms with Gasteiger partial charge in [-0.25, -0.2) is 0 Å². The molecule has 2 fully saturated rings. The Balaban J connectivity index is 1.79. The Morgan fingerprint density at radius 2 is 2.09 bits per heavy atom. The van der Waals surface area contributed by atoms with Crippen LogP contribution in [0.3, 0.4) is 0 Å². The first-order valence-corrected chi connectivity index (χ1v) is 7.26. The minimum Gasteiger partial charge on any atom is -0.468 e. The van der Waals surface area contributed by atoms with Crippen LogP contribution in [-0.2, 0) is 19.0 Å². The van der Waals surface area contributed by atoms with Crippen molar-refractivity contribution in [3.8, 4) is 0 Å². The van der Waals surface area contributed by atoms with Gasteiger partial charge in [0, 0.05) is 12.5 Å². The van der Waals surface area contributed by atoms with Crippen molar-refractivity contribution in [3.05, 3.63) is 35.9 Å². The molecule has 1 aromatic carbocycles. The van der Waals surface area contributed by atoms with E-state index in [0.717, 1.165) is 5.56 Å². The molecule has 2 heterocycles. The molecule has 2 aliphatic rings. The summed E-state index contributed by atoms with van der Waals surface area (Å²) in [5.74, 6) is -0.553. The van der Waals surface area contributed by atoms with Gasteiger partial charge in [0.15, 0.2) is 12.4 Å². The fraction of sp³-hybridized carbons (Fsp3) is 0.467. The molecule has 8 heteroatoms. The van der Waals surface area contributed by atoms with E-state index in [1.54, 1.807) is 0 Å². The molecule has 1 unspecified atom stereocenters. The number of nitrogens with zero attached hydrogens (tertiary/aromatic N) is 1. The summed E-state index contributed by atoms with van der Waals surface area (Å²) in [6, 6.07) is 8.33. The predicted molar refractivity (Wildman–Crippen MR) is 77.7 cm³/mol. The Hall–Kier alpha value is -2.16. The first kappa shape index (κ1) is 15.7. The van der Waals surface area contributed by atoms with Gasteiger partial charge in [-0.15, -0.1) is 0 Å². The second-order valence-corrected chi connectivity index (χ2v) is 5.44. The summed E-state index contributed by atoms with van der Waals surface area (Å²) in [7, 11) is 0. The molecule has 0 spiro atoms. The highest BCUT2D eigenvalue weighted by atomic mass is 16.7. The van der Waals surface area contributed by atoms with Gasteiger partial charge in [-0.05, 0) is 0 Å². The second-order valence-electron chi connectivity index (χ2n) is 5.44. The minimum atomic E-state index is -1.13. The van der Waals surface area contributed by atoms with E-state index in [0.29, 0.717) is 0 Å². The number of oxime groups is 1. The SMILES string of the molecule is CC(=O)N[C@H]1C(=NO)O[C@@H]2COC(c3ccccc3)O[C@H]2[C@@H]1O. The van der Waals surface area contributed by atoms with Gasteiger partial charge in [-0.1, -0.05) is 35.5 Å². The molecule has 0 radical (unpaired) electrons. The maximum absolute atomic E-state index is 11.3. The molecule has 23 heavy (non-hydrogen) atoms. The normalized spacial score (nSPS) is 35.2. The monoisotopic (exact) mass is 322 g/mol. The van der Waals surface area contributed by atoms with E-state index in [2.05, 4.69) is 10.5 Å². The van der Waals surface area contributed by atoms with Crippen LogP contribution in [0.1, 0.15) is 18.8 Å². The summed E-state index contributed by atoms with van der Waals surface area (Å²) < 4.78 is 16.9. The number of hydrogen-bond acceptors (Lipinski definition) is 7. The average Bonchev–Trinajstić information content (AvgIpc) is 2.57. The third-order valence-electron chi connectivity index (χ3n) is 3.80. The molecular weight excluding hydrogens is 304 g/mol. The van der Waals surface area contributed by atoms with E-state index < -0.39 is 30.6 Å². The van der Waals surface area contributed by atoms with Gasteiger partial charge >= 0.3 is 0 Å². The van der Waals surface area contributed by atoms with E-state index in [9.17, 15) is 9.90 Å². The topological polar surface area (TPSA) is 110 Å². The van der Waals surface area contributed by atoms with Crippen molar-refractivity contribution >= 4 is 11.8 Å². The maximum Gasteiger partial charge on any atom is 0.251 e. The van der Waals surface area contributed by atoms with Crippen LogP contribution in [0, 0.1) is 0 Å². The number of carbonyl (C=O) groups is 1. The molecular formula is C15H18N2O6. The van der Waals surface area contributed by atoms with Crippen molar-refractivity contribution in [1.29, 1.82) is 0 Å². The summed E-state index contributed by atoms with van der Waals surface area (Å²) >= 11 is 0. The van der Waals surface area contributed by atoms with Crippen LogP contribution in [0.4, 0.5) is 0 Å². The molecule has 3 rings (SSSR count). The summed E-state index contributed by atoms with van der Waals surface area (Å²) in [6.07, 6.45) is -3.11.